The molecule has 120 valence electrons. The maximum atomic E-state index is 5.33. The Morgan fingerprint density at radius 3 is 2.70 bits per heavy atom. The summed E-state index contributed by atoms with van der Waals surface area (Å²) in [4.78, 5) is 6.43. The number of rotatable bonds is 6. The highest BCUT2D eigenvalue weighted by molar-refractivity contribution is 7.08. The summed E-state index contributed by atoms with van der Waals surface area (Å²) in [6, 6.07) is 7.71. The first kappa shape index (κ1) is 15.4. The van der Waals surface area contributed by atoms with Gasteiger partial charge in [0, 0.05) is 29.7 Å². The minimum atomic E-state index is 0.507. The number of hydrogen-bond donors (Lipinski definition) is 0. The molecule has 0 aliphatic carbocycles. The molecular weight excluding hydrogens is 314 g/mol. The van der Waals surface area contributed by atoms with Gasteiger partial charge in [-0.15, -0.1) is 0 Å². The molecule has 1 aromatic carbocycles. The van der Waals surface area contributed by atoms with Gasteiger partial charge in [-0.2, -0.15) is 16.3 Å². The van der Waals surface area contributed by atoms with E-state index in [1.54, 1.807) is 25.6 Å². The van der Waals surface area contributed by atoms with Crippen LogP contribution in [0.5, 0.6) is 11.5 Å². The summed E-state index contributed by atoms with van der Waals surface area (Å²) in [6.07, 6.45) is 0. The molecule has 0 saturated heterocycles. The van der Waals surface area contributed by atoms with Crippen molar-refractivity contribution in [2.45, 2.75) is 6.54 Å². The van der Waals surface area contributed by atoms with E-state index in [2.05, 4.69) is 10.1 Å². The van der Waals surface area contributed by atoms with Crippen molar-refractivity contribution in [1.82, 2.24) is 10.1 Å². The van der Waals surface area contributed by atoms with Crippen LogP contribution in [-0.4, -0.2) is 31.4 Å². The van der Waals surface area contributed by atoms with Gasteiger partial charge in [-0.3, -0.25) is 0 Å². The molecule has 0 atom stereocenters. The van der Waals surface area contributed by atoms with E-state index in [1.165, 1.54) is 0 Å². The van der Waals surface area contributed by atoms with Crippen molar-refractivity contribution < 1.29 is 14.0 Å². The molecule has 3 rings (SSSR count). The van der Waals surface area contributed by atoms with Crippen molar-refractivity contribution in [2.24, 2.45) is 0 Å². The molecule has 0 amide bonds. The van der Waals surface area contributed by atoms with Crippen LogP contribution in [0.4, 0.5) is 5.69 Å². The lowest BCUT2D eigenvalue weighted by atomic mass is 10.2. The molecule has 2 heterocycles. The van der Waals surface area contributed by atoms with Crippen LogP contribution in [0.25, 0.3) is 11.4 Å². The molecule has 0 radical (unpaired) electrons. The first-order chi connectivity index (χ1) is 11.2. The molecular formula is C16H17N3O3S. The molecule has 0 N–H and O–H groups in total. The van der Waals surface area contributed by atoms with Gasteiger partial charge >= 0.3 is 0 Å². The normalized spacial score (nSPS) is 10.6. The lowest BCUT2D eigenvalue weighted by Crippen LogP contribution is -2.16. The van der Waals surface area contributed by atoms with Crippen molar-refractivity contribution in [3.05, 3.63) is 40.9 Å². The van der Waals surface area contributed by atoms with Gasteiger partial charge in [0.2, 0.25) is 11.7 Å². The molecule has 0 fully saturated rings. The van der Waals surface area contributed by atoms with E-state index >= 15 is 0 Å². The Hall–Kier alpha value is -2.54. The summed E-state index contributed by atoms with van der Waals surface area (Å²) in [5, 5.41) is 8.00. The Labute approximate surface area is 138 Å². The number of ether oxygens (including phenoxy) is 2. The molecule has 2 aromatic heterocycles. The van der Waals surface area contributed by atoms with E-state index in [9.17, 15) is 0 Å². The van der Waals surface area contributed by atoms with Crippen LogP contribution in [0.2, 0.25) is 0 Å². The summed E-state index contributed by atoms with van der Waals surface area (Å²) in [7, 11) is 5.19. The molecule has 3 aromatic rings. The molecule has 0 aliphatic rings. The highest BCUT2D eigenvalue weighted by atomic mass is 32.1. The van der Waals surface area contributed by atoms with Crippen LogP contribution in [-0.2, 0) is 6.54 Å². The zero-order valence-corrected chi connectivity index (χ0v) is 14.0. The molecule has 0 bridgehead atoms. The predicted molar refractivity (Wildman–Crippen MR) is 89.3 cm³/mol. The summed E-state index contributed by atoms with van der Waals surface area (Å²) < 4.78 is 15.9. The van der Waals surface area contributed by atoms with Gasteiger partial charge in [-0.25, -0.2) is 0 Å². The Morgan fingerprint density at radius 2 is 2.00 bits per heavy atom. The maximum Gasteiger partial charge on any atom is 0.246 e. The second kappa shape index (κ2) is 6.70. The SMILES string of the molecule is COc1ccc(N(C)Cc2nc(-c3ccsc3)no2)cc1OC. The molecule has 0 spiro atoms. The standard InChI is InChI=1S/C16H17N3O3S/c1-19(12-4-5-13(20-2)14(8-12)21-3)9-15-17-16(18-22-15)11-6-7-23-10-11/h4-8,10H,9H2,1-3H3. The van der Waals surface area contributed by atoms with Crippen molar-refractivity contribution in [2.75, 3.05) is 26.2 Å². The monoisotopic (exact) mass is 331 g/mol. The second-order valence-corrected chi connectivity index (χ2v) is 5.70. The van der Waals surface area contributed by atoms with Crippen LogP contribution in [0.3, 0.4) is 0 Å². The first-order valence-electron chi connectivity index (χ1n) is 6.99. The van der Waals surface area contributed by atoms with Crippen molar-refractivity contribution in [3.8, 4) is 22.9 Å². The van der Waals surface area contributed by atoms with Crippen molar-refractivity contribution in [3.63, 3.8) is 0 Å². The van der Waals surface area contributed by atoms with E-state index in [0.717, 1.165) is 11.3 Å². The van der Waals surface area contributed by atoms with Crippen LogP contribution in [0.15, 0.2) is 39.5 Å². The van der Waals surface area contributed by atoms with Crippen molar-refractivity contribution in [1.29, 1.82) is 0 Å². The van der Waals surface area contributed by atoms with Crippen molar-refractivity contribution >= 4 is 17.0 Å². The number of benzene rings is 1. The minimum Gasteiger partial charge on any atom is -0.493 e. The summed E-state index contributed by atoms with van der Waals surface area (Å²) >= 11 is 1.60. The average molecular weight is 331 g/mol. The fourth-order valence-electron chi connectivity index (χ4n) is 2.18. The number of thiophene rings is 1. The maximum absolute atomic E-state index is 5.33. The number of anilines is 1. The van der Waals surface area contributed by atoms with Crippen LogP contribution in [0, 0.1) is 0 Å². The van der Waals surface area contributed by atoms with Gasteiger partial charge < -0.3 is 18.9 Å². The zero-order valence-electron chi connectivity index (χ0n) is 13.1. The zero-order chi connectivity index (χ0) is 16.2. The van der Waals surface area contributed by atoms with Crippen LogP contribution in [0.1, 0.15) is 5.89 Å². The molecule has 6 nitrogen and oxygen atoms in total. The predicted octanol–water partition coefficient (Wildman–Crippen LogP) is 3.45. The minimum absolute atomic E-state index is 0.507. The number of methoxy groups -OCH3 is 2. The quantitative estimate of drug-likeness (QED) is 0.689. The summed E-state index contributed by atoms with van der Waals surface area (Å²) in [5.74, 6) is 2.55. The highest BCUT2D eigenvalue weighted by Gasteiger charge is 2.13. The number of nitrogens with zero attached hydrogens (tertiary/aromatic N) is 3. The second-order valence-electron chi connectivity index (χ2n) is 4.92. The third-order valence-corrected chi connectivity index (χ3v) is 4.11. The van der Waals surface area contributed by atoms with E-state index < -0.39 is 0 Å². The fourth-order valence-corrected chi connectivity index (χ4v) is 2.82. The van der Waals surface area contributed by atoms with Crippen LogP contribution >= 0.6 is 11.3 Å². The Bertz CT molecular complexity index is 771. The first-order valence-corrected chi connectivity index (χ1v) is 7.94. The van der Waals surface area contributed by atoms with Gasteiger partial charge in [-0.1, -0.05) is 5.16 Å². The third-order valence-electron chi connectivity index (χ3n) is 3.43. The molecule has 23 heavy (non-hydrogen) atoms. The Kier molecular flexibility index (Phi) is 4.47. The smallest absolute Gasteiger partial charge is 0.246 e. The summed E-state index contributed by atoms with van der Waals surface area (Å²) in [6.45, 7) is 0.507. The van der Waals surface area contributed by atoms with Gasteiger partial charge in [0.25, 0.3) is 0 Å². The van der Waals surface area contributed by atoms with E-state index in [4.69, 9.17) is 14.0 Å². The Balaban J connectivity index is 1.75. The van der Waals surface area contributed by atoms with Gasteiger partial charge in [0.05, 0.1) is 20.8 Å². The summed E-state index contributed by atoms with van der Waals surface area (Å²) in [5.41, 5.74) is 1.94. The third kappa shape index (κ3) is 3.29. The molecule has 7 heteroatoms. The lowest BCUT2D eigenvalue weighted by Gasteiger charge is -2.18. The lowest BCUT2D eigenvalue weighted by molar-refractivity contribution is 0.355. The van der Waals surface area contributed by atoms with Gasteiger partial charge in [0.1, 0.15) is 0 Å². The Morgan fingerprint density at radius 1 is 1.17 bits per heavy atom. The largest absolute Gasteiger partial charge is 0.493 e. The van der Waals surface area contributed by atoms with E-state index in [0.29, 0.717) is 29.8 Å². The molecule has 0 saturated carbocycles. The van der Waals surface area contributed by atoms with E-state index in [-0.39, 0.29) is 0 Å². The molecule has 0 aliphatic heterocycles. The number of hydrogen-bond acceptors (Lipinski definition) is 7. The van der Waals surface area contributed by atoms with E-state index in [1.807, 2.05) is 47.0 Å². The topological polar surface area (TPSA) is 60.6 Å². The van der Waals surface area contributed by atoms with Crippen LogP contribution < -0.4 is 14.4 Å². The number of aromatic nitrogens is 2. The highest BCUT2D eigenvalue weighted by Crippen LogP contribution is 2.31. The molecule has 0 unspecified atom stereocenters. The average Bonchev–Trinajstić information content (AvgIpc) is 3.25. The fraction of sp³-hybridized carbons (Fsp3) is 0.250. The van der Waals surface area contributed by atoms with Gasteiger partial charge in [-0.05, 0) is 23.6 Å². The van der Waals surface area contributed by atoms with Gasteiger partial charge in [0.15, 0.2) is 11.5 Å².